The van der Waals surface area contributed by atoms with Crippen molar-refractivity contribution in [1.29, 1.82) is 0 Å². The second kappa shape index (κ2) is 5.49. The molecule has 2 rings (SSSR count). The van der Waals surface area contributed by atoms with Crippen molar-refractivity contribution < 1.29 is 14.7 Å². The minimum Gasteiger partial charge on any atom is -0.481 e. The Kier molecular flexibility index (Phi) is 3.99. The van der Waals surface area contributed by atoms with Gasteiger partial charge in [-0.25, -0.2) is 0 Å². The summed E-state index contributed by atoms with van der Waals surface area (Å²) in [6, 6.07) is 0.0547. The van der Waals surface area contributed by atoms with E-state index in [9.17, 15) is 9.59 Å². The molecule has 2 saturated heterocycles. The van der Waals surface area contributed by atoms with Crippen LogP contribution in [0.5, 0.6) is 0 Å². The molecule has 0 radical (unpaired) electrons. The molecule has 17 heavy (non-hydrogen) atoms. The zero-order chi connectivity index (χ0) is 12.3. The number of aliphatic carboxylic acids is 1. The van der Waals surface area contributed by atoms with Crippen LogP contribution >= 0.6 is 0 Å². The number of carboxylic acid groups (broad SMARTS) is 1. The zero-order valence-corrected chi connectivity index (χ0v) is 10.1. The standard InChI is InChI=1S/C12H20N2O3/c15-11(13-5-1-2-6-13)9-14-7-3-4-10(14)8-12(16)17/h10H,1-9H2,(H,16,17). The highest BCUT2D eigenvalue weighted by Gasteiger charge is 2.29. The predicted molar refractivity (Wildman–Crippen MR) is 62.7 cm³/mol. The molecule has 0 aromatic heterocycles. The van der Waals surface area contributed by atoms with Gasteiger partial charge in [-0.15, -0.1) is 0 Å². The highest BCUT2D eigenvalue weighted by Crippen LogP contribution is 2.20. The Morgan fingerprint density at radius 2 is 1.82 bits per heavy atom. The molecule has 0 aromatic rings. The summed E-state index contributed by atoms with van der Waals surface area (Å²) in [5.74, 6) is -0.602. The number of carbonyl (C=O) groups is 2. The number of rotatable bonds is 4. The van der Waals surface area contributed by atoms with Crippen LogP contribution in [0.25, 0.3) is 0 Å². The predicted octanol–water partition coefficient (Wildman–Crippen LogP) is 0.548. The van der Waals surface area contributed by atoms with E-state index in [2.05, 4.69) is 0 Å². The van der Waals surface area contributed by atoms with Crippen molar-refractivity contribution in [3.8, 4) is 0 Å². The Bertz CT molecular complexity index is 300. The van der Waals surface area contributed by atoms with Gasteiger partial charge in [0.1, 0.15) is 0 Å². The van der Waals surface area contributed by atoms with E-state index in [-0.39, 0.29) is 18.4 Å². The van der Waals surface area contributed by atoms with Gasteiger partial charge in [0.25, 0.3) is 0 Å². The number of carbonyl (C=O) groups excluding carboxylic acids is 1. The van der Waals surface area contributed by atoms with Crippen molar-refractivity contribution in [3.63, 3.8) is 0 Å². The van der Waals surface area contributed by atoms with Crippen LogP contribution in [0.2, 0.25) is 0 Å². The van der Waals surface area contributed by atoms with Crippen molar-refractivity contribution in [2.45, 2.75) is 38.1 Å². The van der Waals surface area contributed by atoms with Gasteiger partial charge in [0.05, 0.1) is 13.0 Å². The van der Waals surface area contributed by atoms with Crippen LogP contribution in [-0.2, 0) is 9.59 Å². The van der Waals surface area contributed by atoms with E-state index in [1.165, 1.54) is 0 Å². The molecule has 2 aliphatic heterocycles. The molecular formula is C12H20N2O3. The monoisotopic (exact) mass is 240 g/mol. The number of hydrogen-bond donors (Lipinski definition) is 1. The van der Waals surface area contributed by atoms with Crippen molar-refractivity contribution in [1.82, 2.24) is 9.80 Å². The van der Waals surface area contributed by atoms with Gasteiger partial charge in [0.15, 0.2) is 0 Å². The quantitative estimate of drug-likeness (QED) is 0.779. The van der Waals surface area contributed by atoms with E-state index < -0.39 is 5.97 Å². The molecule has 1 atom stereocenters. The Hall–Kier alpha value is -1.10. The molecule has 0 spiro atoms. The van der Waals surface area contributed by atoms with Crippen LogP contribution in [-0.4, -0.2) is 59.0 Å². The molecule has 1 unspecified atom stereocenters. The first kappa shape index (κ1) is 12.4. The molecule has 5 heteroatoms. The lowest BCUT2D eigenvalue weighted by atomic mass is 10.1. The Morgan fingerprint density at radius 1 is 1.12 bits per heavy atom. The molecular weight excluding hydrogens is 220 g/mol. The summed E-state index contributed by atoms with van der Waals surface area (Å²) in [5.41, 5.74) is 0. The lowest BCUT2D eigenvalue weighted by Gasteiger charge is -2.25. The average Bonchev–Trinajstić information content (AvgIpc) is 2.89. The maximum Gasteiger partial charge on any atom is 0.304 e. The third-order valence-electron chi connectivity index (χ3n) is 3.71. The first-order valence-electron chi connectivity index (χ1n) is 6.40. The van der Waals surface area contributed by atoms with Crippen LogP contribution < -0.4 is 0 Å². The Morgan fingerprint density at radius 3 is 2.47 bits per heavy atom. The summed E-state index contributed by atoms with van der Waals surface area (Å²) in [6.07, 6.45) is 4.27. The molecule has 5 nitrogen and oxygen atoms in total. The first-order chi connectivity index (χ1) is 8.16. The molecule has 0 aliphatic carbocycles. The fraction of sp³-hybridized carbons (Fsp3) is 0.833. The van der Waals surface area contributed by atoms with Crippen molar-refractivity contribution in [2.24, 2.45) is 0 Å². The summed E-state index contributed by atoms with van der Waals surface area (Å²) in [7, 11) is 0. The van der Waals surface area contributed by atoms with Gasteiger partial charge < -0.3 is 10.0 Å². The summed E-state index contributed by atoms with van der Waals surface area (Å²) >= 11 is 0. The number of nitrogens with zero attached hydrogens (tertiary/aromatic N) is 2. The second-order valence-corrected chi connectivity index (χ2v) is 4.95. The topological polar surface area (TPSA) is 60.9 Å². The van der Waals surface area contributed by atoms with Crippen LogP contribution in [0, 0.1) is 0 Å². The lowest BCUT2D eigenvalue weighted by Crippen LogP contribution is -2.41. The van der Waals surface area contributed by atoms with E-state index in [0.717, 1.165) is 45.3 Å². The molecule has 2 fully saturated rings. The number of likely N-dealkylation sites (tertiary alicyclic amines) is 2. The van der Waals surface area contributed by atoms with Gasteiger partial charge in [-0.1, -0.05) is 0 Å². The Labute approximate surface area is 101 Å². The third kappa shape index (κ3) is 3.19. The number of hydrogen-bond acceptors (Lipinski definition) is 3. The fourth-order valence-electron chi connectivity index (χ4n) is 2.78. The number of carboxylic acids is 1. The van der Waals surface area contributed by atoms with Gasteiger partial charge in [0.2, 0.25) is 5.91 Å². The minimum absolute atomic E-state index is 0.0547. The summed E-state index contributed by atoms with van der Waals surface area (Å²) < 4.78 is 0. The maximum absolute atomic E-state index is 12.0. The second-order valence-electron chi connectivity index (χ2n) is 4.95. The van der Waals surface area contributed by atoms with Gasteiger partial charge >= 0.3 is 5.97 Å². The van der Waals surface area contributed by atoms with Gasteiger partial charge in [-0.3, -0.25) is 14.5 Å². The van der Waals surface area contributed by atoms with E-state index >= 15 is 0 Å². The highest BCUT2D eigenvalue weighted by molar-refractivity contribution is 5.78. The molecule has 1 amide bonds. The first-order valence-corrected chi connectivity index (χ1v) is 6.40. The molecule has 2 heterocycles. The fourth-order valence-corrected chi connectivity index (χ4v) is 2.78. The third-order valence-corrected chi connectivity index (χ3v) is 3.71. The normalized spacial score (nSPS) is 25.4. The van der Waals surface area contributed by atoms with E-state index in [1.54, 1.807) is 0 Å². The largest absolute Gasteiger partial charge is 0.481 e. The van der Waals surface area contributed by atoms with E-state index in [4.69, 9.17) is 5.11 Å². The molecule has 0 bridgehead atoms. The molecule has 1 N–H and O–H groups in total. The molecule has 0 saturated carbocycles. The number of amides is 1. The summed E-state index contributed by atoms with van der Waals surface area (Å²) in [5, 5.41) is 8.82. The van der Waals surface area contributed by atoms with Crippen molar-refractivity contribution >= 4 is 11.9 Å². The minimum atomic E-state index is -0.768. The maximum atomic E-state index is 12.0. The summed E-state index contributed by atoms with van der Waals surface area (Å²) in [4.78, 5) is 26.6. The van der Waals surface area contributed by atoms with Gasteiger partial charge in [-0.2, -0.15) is 0 Å². The lowest BCUT2D eigenvalue weighted by molar-refractivity contribution is -0.139. The highest BCUT2D eigenvalue weighted by atomic mass is 16.4. The molecule has 0 aromatic carbocycles. The zero-order valence-electron chi connectivity index (χ0n) is 10.1. The van der Waals surface area contributed by atoms with Crippen LogP contribution in [0.1, 0.15) is 32.1 Å². The van der Waals surface area contributed by atoms with Crippen molar-refractivity contribution in [2.75, 3.05) is 26.2 Å². The average molecular weight is 240 g/mol. The Balaban J connectivity index is 1.84. The SMILES string of the molecule is O=C(O)CC1CCCN1CC(=O)N1CCCC1. The van der Waals surface area contributed by atoms with Crippen LogP contribution in [0.4, 0.5) is 0 Å². The van der Waals surface area contributed by atoms with Crippen molar-refractivity contribution in [3.05, 3.63) is 0 Å². The van der Waals surface area contributed by atoms with Gasteiger partial charge in [0, 0.05) is 19.1 Å². The van der Waals surface area contributed by atoms with E-state index in [1.807, 2.05) is 9.80 Å². The smallest absolute Gasteiger partial charge is 0.304 e. The molecule has 2 aliphatic rings. The van der Waals surface area contributed by atoms with Gasteiger partial charge in [-0.05, 0) is 32.2 Å². The van der Waals surface area contributed by atoms with Crippen LogP contribution in [0.3, 0.4) is 0 Å². The summed E-state index contributed by atoms with van der Waals surface area (Å²) in [6.45, 7) is 3.00. The van der Waals surface area contributed by atoms with E-state index in [0.29, 0.717) is 6.54 Å². The van der Waals surface area contributed by atoms with Crippen LogP contribution in [0.15, 0.2) is 0 Å². The molecule has 96 valence electrons.